The number of benzene rings is 1. The summed E-state index contributed by atoms with van der Waals surface area (Å²) in [7, 11) is -2.98. The molecule has 0 spiro atoms. The number of rotatable bonds is 7. The molecule has 0 fully saturated rings. The molecule has 19 heavy (non-hydrogen) atoms. The van der Waals surface area contributed by atoms with E-state index >= 15 is 0 Å². The number of ether oxygens (including phenoxy) is 1. The Kier molecular flexibility index (Phi) is 5.82. The predicted molar refractivity (Wildman–Crippen MR) is 78.2 cm³/mol. The molecule has 0 saturated heterocycles. The standard InChI is InChI=1S/C14H23NO3S/c1-4-8-19(16,17)9-7-18-14-6-5-13(12(3)15)10-11(14)2/h5-6,10,12H,4,7-9,15H2,1-3H3/t12-/m0/s1. The highest BCUT2D eigenvalue weighted by molar-refractivity contribution is 7.91. The fourth-order valence-corrected chi connectivity index (χ4v) is 2.97. The zero-order chi connectivity index (χ0) is 14.5. The van der Waals surface area contributed by atoms with Crippen LogP contribution in [-0.4, -0.2) is 26.5 Å². The van der Waals surface area contributed by atoms with Crippen LogP contribution in [-0.2, 0) is 9.84 Å². The van der Waals surface area contributed by atoms with Crippen molar-refractivity contribution in [1.29, 1.82) is 0 Å². The van der Waals surface area contributed by atoms with Gasteiger partial charge in [-0.2, -0.15) is 0 Å². The van der Waals surface area contributed by atoms with Gasteiger partial charge in [0, 0.05) is 6.04 Å². The first-order valence-corrected chi connectivity index (χ1v) is 8.37. The maximum absolute atomic E-state index is 11.6. The molecular formula is C14H23NO3S. The van der Waals surface area contributed by atoms with E-state index in [-0.39, 0.29) is 24.2 Å². The third-order valence-corrected chi connectivity index (χ3v) is 4.71. The number of hydrogen-bond acceptors (Lipinski definition) is 4. The molecule has 1 atom stereocenters. The fraction of sp³-hybridized carbons (Fsp3) is 0.571. The van der Waals surface area contributed by atoms with Crippen LogP contribution in [0.5, 0.6) is 5.75 Å². The fourth-order valence-electron chi connectivity index (χ4n) is 1.81. The van der Waals surface area contributed by atoms with E-state index in [1.807, 2.05) is 39.0 Å². The predicted octanol–water partition coefficient (Wildman–Crippen LogP) is 2.22. The molecule has 1 rings (SSSR count). The summed E-state index contributed by atoms with van der Waals surface area (Å²) in [4.78, 5) is 0. The van der Waals surface area contributed by atoms with Crippen LogP contribution in [0, 0.1) is 6.92 Å². The molecule has 5 heteroatoms. The van der Waals surface area contributed by atoms with Crippen LogP contribution in [0.1, 0.15) is 37.4 Å². The van der Waals surface area contributed by atoms with Crippen LogP contribution < -0.4 is 10.5 Å². The van der Waals surface area contributed by atoms with Gasteiger partial charge in [-0.05, 0) is 37.5 Å². The van der Waals surface area contributed by atoms with Crippen molar-refractivity contribution >= 4 is 9.84 Å². The zero-order valence-electron chi connectivity index (χ0n) is 11.8. The summed E-state index contributed by atoms with van der Waals surface area (Å²) < 4.78 is 28.6. The summed E-state index contributed by atoms with van der Waals surface area (Å²) in [5.74, 6) is 1.00. The molecule has 0 aliphatic carbocycles. The lowest BCUT2D eigenvalue weighted by Crippen LogP contribution is -2.17. The molecular weight excluding hydrogens is 262 g/mol. The van der Waals surface area contributed by atoms with E-state index in [1.165, 1.54) is 0 Å². The van der Waals surface area contributed by atoms with Crippen molar-refractivity contribution in [3.63, 3.8) is 0 Å². The Labute approximate surface area is 115 Å². The summed E-state index contributed by atoms with van der Waals surface area (Å²) in [5.41, 5.74) is 7.82. The molecule has 2 N–H and O–H groups in total. The minimum Gasteiger partial charge on any atom is -0.492 e. The monoisotopic (exact) mass is 285 g/mol. The van der Waals surface area contributed by atoms with Crippen LogP contribution in [0.2, 0.25) is 0 Å². The van der Waals surface area contributed by atoms with Crippen LogP contribution in [0.4, 0.5) is 0 Å². The normalized spacial score (nSPS) is 13.3. The van der Waals surface area contributed by atoms with Crippen LogP contribution in [0.15, 0.2) is 18.2 Å². The second kappa shape index (κ2) is 6.91. The maximum Gasteiger partial charge on any atom is 0.153 e. The van der Waals surface area contributed by atoms with Crippen LogP contribution in [0.3, 0.4) is 0 Å². The topological polar surface area (TPSA) is 69.4 Å². The third kappa shape index (κ3) is 5.20. The van der Waals surface area contributed by atoms with Crippen molar-refractivity contribution in [2.24, 2.45) is 5.73 Å². The molecule has 4 nitrogen and oxygen atoms in total. The summed E-state index contributed by atoms with van der Waals surface area (Å²) in [5, 5.41) is 0. The number of nitrogens with two attached hydrogens (primary N) is 1. The van der Waals surface area contributed by atoms with E-state index in [2.05, 4.69) is 0 Å². The number of sulfone groups is 1. The highest BCUT2D eigenvalue weighted by Crippen LogP contribution is 2.21. The molecule has 0 aliphatic heterocycles. The first-order valence-electron chi connectivity index (χ1n) is 6.55. The quantitative estimate of drug-likeness (QED) is 0.834. The third-order valence-electron chi connectivity index (χ3n) is 2.89. The molecule has 0 aromatic heterocycles. The van der Waals surface area contributed by atoms with Crippen molar-refractivity contribution in [2.45, 2.75) is 33.2 Å². The second-order valence-corrected chi connectivity index (χ2v) is 7.12. The molecule has 1 aromatic carbocycles. The van der Waals surface area contributed by atoms with Gasteiger partial charge in [0.15, 0.2) is 9.84 Å². The second-order valence-electron chi connectivity index (χ2n) is 4.81. The Morgan fingerprint density at radius 1 is 1.32 bits per heavy atom. The smallest absolute Gasteiger partial charge is 0.153 e. The average Bonchev–Trinajstić information content (AvgIpc) is 2.30. The Balaban J connectivity index is 2.59. The molecule has 1 aromatic rings. The summed E-state index contributed by atoms with van der Waals surface area (Å²) >= 11 is 0. The molecule has 0 heterocycles. The van der Waals surface area contributed by atoms with Gasteiger partial charge < -0.3 is 10.5 Å². The van der Waals surface area contributed by atoms with E-state index in [9.17, 15) is 8.42 Å². The molecule has 0 unspecified atom stereocenters. The number of aryl methyl sites for hydroxylation is 1. The minimum atomic E-state index is -2.98. The van der Waals surface area contributed by atoms with E-state index in [4.69, 9.17) is 10.5 Å². The lowest BCUT2D eigenvalue weighted by molar-refractivity contribution is 0.338. The van der Waals surface area contributed by atoms with Crippen molar-refractivity contribution in [3.8, 4) is 5.75 Å². The molecule has 0 aliphatic rings. The highest BCUT2D eigenvalue weighted by Gasteiger charge is 2.10. The van der Waals surface area contributed by atoms with Gasteiger partial charge in [0.2, 0.25) is 0 Å². The average molecular weight is 285 g/mol. The van der Waals surface area contributed by atoms with Crippen LogP contribution >= 0.6 is 0 Å². The van der Waals surface area contributed by atoms with Crippen molar-refractivity contribution in [3.05, 3.63) is 29.3 Å². The van der Waals surface area contributed by atoms with Gasteiger partial charge in [-0.25, -0.2) is 8.42 Å². The lowest BCUT2D eigenvalue weighted by Gasteiger charge is -2.12. The molecule has 0 radical (unpaired) electrons. The van der Waals surface area contributed by atoms with Gasteiger partial charge in [-0.1, -0.05) is 19.1 Å². The van der Waals surface area contributed by atoms with Gasteiger partial charge in [0.1, 0.15) is 12.4 Å². The van der Waals surface area contributed by atoms with Crippen molar-refractivity contribution in [1.82, 2.24) is 0 Å². The van der Waals surface area contributed by atoms with E-state index < -0.39 is 9.84 Å². The SMILES string of the molecule is CCCS(=O)(=O)CCOc1ccc([C@H](C)N)cc1C. The van der Waals surface area contributed by atoms with E-state index in [0.717, 1.165) is 16.9 Å². The maximum atomic E-state index is 11.6. The molecule has 0 amide bonds. The van der Waals surface area contributed by atoms with Gasteiger partial charge in [0.25, 0.3) is 0 Å². The first-order chi connectivity index (χ1) is 8.85. The van der Waals surface area contributed by atoms with E-state index in [0.29, 0.717) is 6.42 Å². The van der Waals surface area contributed by atoms with Gasteiger partial charge in [-0.15, -0.1) is 0 Å². The highest BCUT2D eigenvalue weighted by atomic mass is 32.2. The zero-order valence-corrected chi connectivity index (χ0v) is 12.7. The van der Waals surface area contributed by atoms with E-state index in [1.54, 1.807) is 0 Å². The minimum absolute atomic E-state index is 0.0160. The molecule has 0 saturated carbocycles. The Bertz CT molecular complexity index is 509. The van der Waals surface area contributed by atoms with Crippen molar-refractivity contribution < 1.29 is 13.2 Å². The Morgan fingerprint density at radius 3 is 2.53 bits per heavy atom. The van der Waals surface area contributed by atoms with Gasteiger partial charge >= 0.3 is 0 Å². The van der Waals surface area contributed by atoms with Crippen LogP contribution in [0.25, 0.3) is 0 Å². The lowest BCUT2D eigenvalue weighted by atomic mass is 10.1. The molecule has 108 valence electrons. The summed E-state index contributed by atoms with van der Waals surface area (Å²) in [6.45, 7) is 5.91. The summed E-state index contributed by atoms with van der Waals surface area (Å²) in [6.07, 6.45) is 0.643. The number of hydrogen-bond donors (Lipinski definition) is 1. The van der Waals surface area contributed by atoms with Crippen molar-refractivity contribution in [2.75, 3.05) is 18.1 Å². The summed E-state index contributed by atoms with van der Waals surface area (Å²) in [6, 6.07) is 5.71. The Hall–Kier alpha value is -1.07. The first kappa shape index (κ1) is 16.0. The largest absolute Gasteiger partial charge is 0.492 e. The van der Waals surface area contributed by atoms with Gasteiger partial charge in [-0.3, -0.25) is 0 Å². The van der Waals surface area contributed by atoms with Gasteiger partial charge in [0.05, 0.1) is 11.5 Å². The molecule has 0 bridgehead atoms. The Morgan fingerprint density at radius 2 is 2.00 bits per heavy atom.